The maximum Gasteiger partial charge on any atom is 0.231 e. The Morgan fingerprint density at radius 3 is 2.70 bits per heavy atom. The van der Waals surface area contributed by atoms with Crippen molar-refractivity contribution in [1.82, 2.24) is 20.1 Å². The number of aromatic nitrogens is 3. The standard InChI is InChI=1S/C22H22ClN5O.ClH/c23-17-5-6-19-16(11-17)12-24-13-20-25-26-21(28(19)20)27-9-7-22(8-10-27)18-4-2-1-3-15(18)14-29-22;/h1-6,11,24H,7-10,12-14H2;1H. The van der Waals surface area contributed by atoms with Crippen LogP contribution in [0.15, 0.2) is 42.5 Å². The Labute approximate surface area is 186 Å². The SMILES string of the molecule is Cl.Clc1ccc2c(c1)CNCc1nnc(N3CCC4(CC3)OCc3ccccc34)n1-2. The van der Waals surface area contributed by atoms with Gasteiger partial charge < -0.3 is 15.0 Å². The van der Waals surface area contributed by atoms with E-state index >= 15 is 0 Å². The highest BCUT2D eigenvalue weighted by atomic mass is 35.5. The molecular weight excluding hydrogens is 421 g/mol. The molecule has 0 unspecified atom stereocenters. The van der Waals surface area contributed by atoms with Crippen molar-refractivity contribution < 1.29 is 4.74 Å². The molecule has 2 aromatic carbocycles. The van der Waals surface area contributed by atoms with E-state index in [-0.39, 0.29) is 18.0 Å². The minimum atomic E-state index is -0.151. The van der Waals surface area contributed by atoms with E-state index in [1.54, 1.807) is 0 Å². The number of hydrogen-bond acceptors (Lipinski definition) is 5. The fourth-order valence-corrected chi connectivity index (χ4v) is 5.16. The summed E-state index contributed by atoms with van der Waals surface area (Å²) in [6.07, 6.45) is 1.91. The minimum Gasteiger partial charge on any atom is -0.365 e. The van der Waals surface area contributed by atoms with Crippen LogP contribution in [0.2, 0.25) is 5.02 Å². The van der Waals surface area contributed by atoms with Gasteiger partial charge in [0.2, 0.25) is 5.95 Å². The zero-order valence-corrected chi connectivity index (χ0v) is 18.0. The molecule has 6 rings (SSSR count). The van der Waals surface area contributed by atoms with Gasteiger partial charge in [-0.15, -0.1) is 22.6 Å². The first kappa shape index (κ1) is 19.8. The lowest BCUT2D eigenvalue weighted by atomic mass is 9.84. The highest BCUT2D eigenvalue weighted by Crippen LogP contribution is 2.44. The van der Waals surface area contributed by atoms with E-state index in [4.69, 9.17) is 16.3 Å². The van der Waals surface area contributed by atoms with E-state index in [0.29, 0.717) is 6.54 Å². The highest BCUT2D eigenvalue weighted by Gasteiger charge is 2.43. The second-order valence-corrected chi connectivity index (χ2v) is 8.49. The van der Waals surface area contributed by atoms with E-state index in [9.17, 15) is 0 Å². The molecule has 30 heavy (non-hydrogen) atoms. The van der Waals surface area contributed by atoms with E-state index in [0.717, 1.165) is 61.6 Å². The lowest BCUT2D eigenvalue weighted by Crippen LogP contribution is -2.43. The number of nitrogens with zero attached hydrogens (tertiary/aromatic N) is 4. The highest BCUT2D eigenvalue weighted by molar-refractivity contribution is 6.30. The number of nitrogens with one attached hydrogen (secondary N) is 1. The van der Waals surface area contributed by atoms with Crippen LogP contribution in [0.25, 0.3) is 5.69 Å². The number of anilines is 1. The number of piperidine rings is 1. The molecule has 1 saturated heterocycles. The summed E-state index contributed by atoms with van der Waals surface area (Å²) >= 11 is 6.24. The summed E-state index contributed by atoms with van der Waals surface area (Å²) in [5.41, 5.74) is 4.82. The zero-order valence-electron chi connectivity index (χ0n) is 16.5. The van der Waals surface area contributed by atoms with Crippen LogP contribution >= 0.6 is 24.0 Å². The van der Waals surface area contributed by atoms with Crippen LogP contribution in [0.5, 0.6) is 0 Å². The zero-order chi connectivity index (χ0) is 19.4. The molecule has 1 fully saturated rings. The van der Waals surface area contributed by atoms with Crippen molar-refractivity contribution in [3.05, 3.63) is 70.0 Å². The maximum absolute atomic E-state index is 6.33. The van der Waals surface area contributed by atoms with Crippen molar-refractivity contribution in [3.63, 3.8) is 0 Å². The molecule has 3 aliphatic rings. The fraction of sp³-hybridized carbons (Fsp3) is 0.364. The van der Waals surface area contributed by atoms with Crippen LogP contribution in [0.3, 0.4) is 0 Å². The molecule has 6 nitrogen and oxygen atoms in total. The Balaban J connectivity index is 0.00000193. The van der Waals surface area contributed by atoms with Crippen molar-refractivity contribution in [3.8, 4) is 5.69 Å². The first-order chi connectivity index (χ1) is 14.2. The van der Waals surface area contributed by atoms with Crippen molar-refractivity contribution in [2.24, 2.45) is 0 Å². The predicted molar refractivity (Wildman–Crippen MR) is 119 cm³/mol. The number of benzene rings is 2. The van der Waals surface area contributed by atoms with Crippen molar-refractivity contribution in [2.75, 3.05) is 18.0 Å². The minimum absolute atomic E-state index is 0. The second kappa shape index (κ2) is 7.54. The van der Waals surface area contributed by atoms with Gasteiger partial charge in [-0.25, -0.2) is 0 Å². The molecule has 0 atom stereocenters. The van der Waals surface area contributed by atoms with E-state index < -0.39 is 0 Å². The first-order valence-corrected chi connectivity index (χ1v) is 10.5. The van der Waals surface area contributed by atoms with Gasteiger partial charge in [0.05, 0.1) is 24.4 Å². The predicted octanol–water partition coefficient (Wildman–Crippen LogP) is 3.97. The molecular formula is C22H23Cl2N5O. The lowest BCUT2D eigenvalue weighted by Gasteiger charge is -2.39. The molecule has 0 aliphatic carbocycles. The molecule has 0 saturated carbocycles. The van der Waals surface area contributed by atoms with Crippen molar-refractivity contribution >= 4 is 30.0 Å². The summed E-state index contributed by atoms with van der Waals surface area (Å²) in [6, 6.07) is 14.7. The molecule has 0 amide bonds. The molecule has 156 valence electrons. The molecule has 3 aliphatic heterocycles. The summed E-state index contributed by atoms with van der Waals surface area (Å²) in [5.74, 6) is 1.84. The third kappa shape index (κ3) is 3.02. The third-order valence-electron chi connectivity index (χ3n) is 6.46. The van der Waals surface area contributed by atoms with Crippen molar-refractivity contribution in [1.29, 1.82) is 0 Å². The van der Waals surface area contributed by atoms with Crippen LogP contribution in [0.4, 0.5) is 5.95 Å². The normalized spacial score (nSPS) is 18.9. The van der Waals surface area contributed by atoms with Crippen LogP contribution in [0, 0.1) is 0 Å². The van der Waals surface area contributed by atoms with Gasteiger partial charge in [0.25, 0.3) is 0 Å². The molecule has 1 aromatic heterocycles. The average molecular weight is 444 g/mol. The topological polar surface area (TPSA) is 55.2 Å². The van der Waals surface area contributed by atoms with Gasteiger partial charge >= 0.3 is 0 Å². The number of rotatable bonds is 1. The maximum atomic E-state index is 6.33. The van der Waals surface area contributed by atoms with Crippen LogP contribution in [-0.2, 0) is 30.0 Å². The Bertz CT molecular complexity index is 1090. The molecule has 3 aromatic rings. The number of fused-ring (bicyclic) bond motifs is 5. The van der Waals surface area contributed by atoms with E-state index in [1.165, 1.54) is 16.7 Å². The van der Waals surface area contributed by atoms with Crippen molar-refractivity contribution in [2.45, 2.75) is 38.1 Å². The quantitative estimate of drug-likeness (QED) is 0.616. The second-order valence-electron chi connectivity index (χ2n) is 8.06. The van der Waals surface area contributed by atoms with E-state index in [2.05, 4.69) is 55.3 Å². The summed E-state index contributed by atoms with van der Waals surface area (Å²) in [4.78, 5) is 2.34. The van der Waals surface area contributed by atoms with Crippen LogP contribution in [-0.4, -0.2) is 27.9 Å². The lowest BCUT2D eigenvalue weighted by molar-refractivity contribution is -0.0553. The van der Waals surface area contributed by atoms with Gasteiger partial charge in [-0.1, -0.05) is 35.9 Å². The molecule has 0 bridgehead atoms. The van der Waals surface area contributed by atoms with Gasteiger partial charge in [0.15, 0.2) is 5.82 Å². The summed E-state index contributed by atoms with van der Waals surface area (Å²) in [5, 5.41) is 13.2. The van der Waals surface area contributed by atoms with Crippen LogP contribution in [0.1, 0.15) is 35.4 Å². The average Bonchev–Trinajstić information content (AvgIpc) is 3.27. The molecule has 8 heteroatoms. The Kier molecular flexibility index (Phi) is 4.98. The van der Waals surface area contributed by atoms with Gasteiger partial charge in [-0.3, -0.25) is 4.57 Å². The largest absolute Gasteiger partial charge is 0.365 e. The number of hydrogen-bond donors (Lipinski definition) is 1. The first-order valence-electron chi connectivity index (χ1n) is 10.1. The van der Waals surface area contributed by atoms with Gasteiger partial charge in [-0.2, -0.15) is 0 Å². The Morgan fingerprint density at radius 1 is 1.00 bits per heavy atom. The smallest absolute Gasteiger partial charge is 0.231 e. The monoisotopic (exact) mass is 443 g/mol. The molecule has 0 radical (unpaired) electrons. The fourth-order valence-electron chi connectivity index (χ4n) is 4.96. The number of halogens is 2. The summed E-state index contributed by atoms with van der Waals surface area (Å²) in [6.45, 7) is 3.96. The summed E-state index contributed by atoms with van der Waals surface area (Å²) < 4.78 is 8.51. The summed E-state index contributed by atoms with van der Waals surface area (Å²) in [7, 11) is 0. The molecule has 1 N–H and O–H groups in total. The molecule has 1 spiro atoms. The Morgan fingerprint density at radius 2 is 1.83 bits per heavy atom. The van der Waals surface area contributed by atoms with Gasteiger partial charge in [-0.05, 0) is 47.7 Å². The van der Waals surface area contributed by atoms with Gasteiger partial charge in [0.1, 0.15) is 0 Å². The van der Waals surface area contributed by atoms with E-state index in [1.807, 2.05) is 12.1 Å². The number of ether oxygens (including phenoxy) is 1. The van der Waals surface area contributed by atoms with Crippen LogP contribution < -0.4 is 10.2 Å². The Hall–Kier alpha value is -2.12. The third-order valence-corrected chi connectivity index (χ3v) is 6.70. The molecule has 4 heterocycles. The van der Waals surface area contributed by atoms with Gasteiger partial charge in [0, 0.05) is 24.7 Å².